The Kier molecular flexibility index (Phi) is 6.92. The van der Waals surface area contributed by atoms with E-state index in [-0.39, 0.29) is 28.6 Å². The summed E-state index contributed by atoms with van der Waals surface area (Å²) in [6.07, 6.45) is 1.54. The van der Waals surface area contributed by atoms with E-state index in [1.807, 2.05) is 36.4 Å². The van der Waals surface area contributed by atoms with E-state index in [1.165, 1.54) is 22.5 Å². The number of hydrogen-bond acceptors (Lipinski definition) is 3. The number of carbonyl (C=O) groups excluding carboxylic acids is 1. The van der Waals surface area contributed by atoms with Gasteiger partial charge in [0.15, 0.2) is 0 Å². The molecule has 3 aromatic carbocycles. The molecule has 0 radical (unpaired) electrons. The number of benzene rings is 3. The van der Waals surface area contributed by atoms with Crippen LogP contribution in [-0.2, 0) is 16.6 Å². The topological polar surface area (TPSA) is 66.5 Å². The molecule has 30 heavy (non-hydrogen) atoms. The highest BCUT2D eigenvalue weighted by Gasteiger charge is 2.28. The zero-order valence-corrected chi connectivity index (χ0v) is 17.7. The molecule has 1 amide bonds. The molecule has 5 nitrogen and oxygen atoms in total. The van der Waals surface area contributed by atoms with E-state index in [1.54, 1.807) is 30.3 Å². The van der Waals surface area contributed by atoms with Gasteiger partial charge in [-0.15, -0.1) is 6.58 Å². The third-order valence-electron chi connectivity index (χ3n) is 4.38. The highest BCUT2D eigenvalue weighted by molar-refractivity contribution is 7.93. The minimum absolute atomic E-state index is 0.0456. The molecule has 3 rings (SSSR count). The molecule has 7 heteroatoms. The summed E-state index contributed by atoms with van der Waals surface area (Å²) in [4.78, 5) is 12.2. The number of nitrogens with one attached hydrogen (secondary N) is 1. The molecule has 0 heterocycles. The van der Waals surface area contributed by atoms with Crippen molar-refractivity contribution in [3.8, 4) is 0 Å². The number of nitrogens with zero attached hydrogens (tertiary/aromatic N) is 1. The maximum absolute atomic E-state index is 13.6. The summed E-state index contributed by atoms with van der Waals surface area (Å²) in [6.45, 7) is 3.95. The van der Waals surface area contributed by atoms with Crippen molar-refractivity contribution in [1.29, 1.82) is 0 Å². The first-order chi connectivity index (χ1) is 14.4. The van der Waals surface area contributed by atoms with Crippen LogP contribution in [0.4, 0.5) is 5.69 Å². The minimum atomic E-state index is -4.06. The lowest BCUT2D eigenvalue weighted by molar-refractivity contribution is 0.0958. The van der Waals surface area contributed by atoms with Gasteiger partial charge in [0, 0.05) is 12.1 Å². The Morgan fingerprint density at radius 2 is 1.63 bits per heavy atom. The molecule has 0 spiro atoms. The highest BCUT2D eigenvalue weighted by atomic mass is 35.5. The van der Waals surface area contributed by atoms with Gasteiger partial charge in [0.2, 0.25) is 0 Å². The van der Waals surface area contributed by atoms with Gasteiger partial charge in [0.25, 0.3) is 15.9 Å². The van der Waals surface area contributed by atoms with E-state index >= 15 is 0 Å². The van der Waals surface area contributed by atoms with Gasteiger partial charge in [0.1, 0.15) is 4.90 Å². The van der Waals surface area contributed by atoms with E-state index in [4.69, 9.17) is 11.6 Å². The van der Waals surface area contributed by atoms with Crippen LogP contribution < -0.4 is 9.62 Å². The lowest BCUT2D eigenvalue weighted by atomic mass is 10.2. The fourth-order valence-corrected chi connectivity index (χ4v) is 4.84. The van der Waals surface area contributed by atoms with Crippen LogP contribution in [0.5, 0.6) is 0 Å². The summed E-state index contributed by atoms with van der Waals surface area (Å²) in [5, 5.41) is 2.68. The number of sulfonamides is 1. The summed E-state index contributed by atoms with van der Waals surface area (Å²) in [7, 11) is -4.06. The molecule has 0 aliphatic carbocycles. The molecular weight excluding hydrogens is 420 g/mol. The molecule has 0 aliphatic rings. The maximum Gasteiger partial charge on any atom is 0.266 e. The van der Waals surface area contributed by atoms with Gasteiger partial charge < -0.3 is 5.32 Å². The van der Waals surface area contributed by atoms with Gasteiger partial charge in [-0.25, -0.2) is 8.42 Å². The second-order valence-corrected chi connectivity index (χ2v) is 8.71. The Morgan fingerprint density at radius 3 is 2.27 bits per heavy atom. The van der Waals surface area contributed by atoms with Crippen LogP contribution in [0.1, 0.15) is 15.9 Å². The first-order valence-corrected chi connectivity index (χ1v) is 11.1. The number of para-hydroxylation sites is 1. The van der Waals surface area contributed by atoms with E-state index in [2.05, 4.69) is 11.9 Å². The SMILES string of the molecule is C=CCNC(=O)c1ccc(Cl)c(S(=O)(=O)N(Cc2ccccc2)c2ccccc2)c1. The van der Waals surface area contributed by atoms with Crippen molar-refractivity contribution in [2.45, 2.75) is 11.4 Å². The van der Waals surface area contributed by atoms with Gasteiger partial charge >= 0.3 is 0 Å². The normalized spacial score (nSPS) is 11.0. The lowest BCUT2D eigenvalue weighted by Gasteiger charge is -2.25. The van der Waals surface area contributed by atoms with Crippen molar-refractivity contribution in [2.24, 2.45) is 0 Å². The van der Waals surface area contributed by atoms with Crippen LogP contribution in [-0.4, -0.2) is 20.9 Å². The monoisotopic (exact) mass is 440 g/mol. The van der Waals surface area contributed by atoms with Crippen molar-refractivity contribution < 1.29 is 13.2 Å². The molecule has 0 aliphatic heterocycles. The number of hydrogen-bond donors (Lipinski definition) is 1. The predicted octanol–water partition coefficient (Wildman–Crippen LogP) is 4.65. The molecule has 0 atom stereocenters. The van der Waals surface area contributed by atoms with Crippen LogP contribution in [0.15, 0.2) is 96.4 Å². The first-order valence-electron chi connectivity index (χ1n) is 9.24. The van der Waals surface area contributed by atoms with Crippen molar-refractivity contribution in [3.63, 3.8) is 0 Å². The average molecular weight is 441 g/mol. The van der Waals surface area contributed by atoms with Crippen molar-refractivity contribution in [1.82, 2.24) is 5.32 Å². The van der Waals surface area contributed by atoms with Crippen molar-refractivity contribution >= 4 is 33.2 Å². The zero-order valence-electron chi connectivity index (χ0n) is 16.2. The largest absolute Gasteiger partial charge is 0.349 e. The molecular formula is C23H21ClN2O3S. The summed E-state index contributed by atoms with van der Waals surface area (Å²) in [6, 6.07) is 22.3. The van der Waals surface area contributed by atoms with E-state index in [0.29, 0.717) is 5.69 Å². The van der Waals surface area contributed by atoms with Gasteiger partial charge in [-0.05, 0) is 35.9 Å². The van der Waals surface area contributed by atoms with Gasteiger partial charge in [-0.1, -0.05) is 66.2 Å². The third kappa shape index (κ3) is 4.90. The van der Waals surface area contributed by atoms with Crippen LogP contribution in [0.3, 0.4) is 0 Å². The molecule has 0 aromatic heterocycles. The Bertz CT molecular complexity index is 1130. The molecule has 0 saturated heterocycles. The minimum Gasteiger partial charge on any atom is -0.349 e. The van der Waals surface area contributed by atoms with E-state index in [0.717, 1.165) is 5.56 Å². The zero-order chi connectivity index (χ0) is 21.6. The smallest absolute Gasteiger partial charge is 0.266 e. The van der Waals surface area contributed by atoms with Crippen molar-refractivity contribution in [2.75, 3.05) is 10.8 Å². The number of rotatable bonds is 8. The van der Waals surface area contributed by atoms with Gasteiger partial charge in [-0.2, -0.15) is 0 Å². The number of amides is 1. The molecule has 3 aromatic rings. The standard InChI is InChI=1S/C23H21ClN2O3S/c1-2-15-25-23(27)19-13-14-21(24)22(16-19)30(28,29)26(20-11-7-4-8-12-20)17-18-9-5-3-6-10-18/h2-14,16H,1,15,17H2,(H,25,27). The Labute approximate surface area is 181 Å². The Morgan fingerprint density at radius 1 is 1.00 bits per heavy atom. The summed E-state index contributed by atoms with van der Waals surface area (Å²) < 4.78 is 28.6. The fraction of sp³-hybridized carbons (Fsp3) is 0.0870. The second kappa shape index (κ2) is 9.61. The number of carbonyl (C=O) groups is 1. The fourth-order valence-electron chi connectivity index (χ4n) is 2.89. The first kappa shape index (κ1) is 21.6. The molecule has 1 N–H and O–H groups in total. The number of anilines is 1. The van der Waals surface area contributed by atoms with Gasteiger partial charge in [0.05, 0.1) is 17.3 Å². The highest BCUT2D eigenvalue weighted by Crippen LogP contribution is 2.30. The quantitative estimate of drug-likeness (QED) is 0.518. The predicted molar refractivity (Wildman–Crippen MR) is 120 cm³/mol. The maximum atomic E-state index is 13.6. The third-order valence-corrected chi connectivity index (χ3v) is 6.64. The van der Waals surface area contributed by atoms with Gasteiger partial charge in [-0.3, -0.25) is 9.10 Å². The Balaban J connectivity index is 2.07. The second-order valence-electron chi connectivity index (χ2n) is 6.48. The van der Waals surface area contributed by atoms with Crippen LogP contribution >= 0.6 is 11.6 Å². The summed E-state index contributed by atoms with van der Waals surface area (Å²) >= 11 is 6.27. The molecule has 0 saturated carbocycles. The van der Waals surface area contributed by atoms with Crippen LogP contribution in [0.2, 0.25) is 5.02 Å². The molecule has 154 valence electrons. The van der Waals surface area contributed by atoms with Crippen LogP contribution in [0.25, 0.3) is 0 Å². The van der Waals surface area contributed by atoms with E-state index in [9.17, 15) is 13.2 Å². The molecule has 0 unspecified atom stereocenters. The molecule has 0 fully saturated rings. The summed E-state index contributed by atoms with van der Waals surface area (Å²) in [5.41, 5.74) is 1.52. The van der Waals surface area contributed by atoms with Crippen molar-refractivity contribution in [3.05, 3.63) is 108 Å². The van der Waals surface area contributed by atoms with E-state index < -0.39 is 15.9 Å². The summed E-state index contributed by atoms with van der Waals surface area (Å²) in [5.74, 6) is -0.405. The average Bonchev–Trinajstić information content (AvgIpc) is 2.77. The van der Waals surface area contributed by atoms with Crippen LogP contribution in [0, 0.1) is 0 Å². The lowest BCUT2D eigenvalue weighted by Crippen LogP contribution is -2.31. The number of halogens is 1. The molecule has 0 bridgehead atoms. The Hall–Kier alpha value is -3.09.